The van der Waals surface area contributed by atoms with Crippen LogP contribution in [0.25, 0.3) is 11.1 Å². The normalized spacial score (nSPS) is 24.9. The molecular weight excluding hydrogens is 289 g/mol. The summed E-state index contributed by atoms with van der Waals surface area (Å²) in [5.74, 6) is 0.375. The molecule has 0 saturated heterocycles. The summed E-state index contributed by atoms with van der Waals surface area (Å²) in [4.78, 5) is 0. The van der Waals surface area contributed by atoms with Gasteiger partial charge in [0.1, 0.15) is 11.8 Å². The fourth-order valence-electron chi connectivity index (χ4n) is 4.54. The molecule has 1 aliphatic carbocycles. The second kappa shape index (κ2) is 5.34. The second-order valence-corrected chi connectivity index (χ2v) is 7.13. The molecule has 2 aliphatic rings. The lowest BCUT2D eigenvalue weighted by Gasteiger charge is -2.48. The maximum absolute atomic E-state index is 12.8. The second-order valence-electron chi connectivity index (χ2n) is 7.13. The van der Waals surface area contributed by atoms with E-state index in [1.165, 1.54) is 16.7 Å². The highest BCUT2D eigenvalue weighted by atomic mass is 19.1. The maximum atomic E-state index is 12.8. The molecule has 1 N–H and O–H groups in total. The lowest BCUT2D eigenvalue weighted by atomic mass is 9.75. The summed E-state index contributed by atoms with van der Waals surface area (Å²) < 4.78 is 13.7. The van der Waals surface area contributed by atoms with E-state index in [4.69, 9.17) is 0 Å². The van der Waals surface area contributed by atoms with Gasteiger partial charge in [0, 0.05) is 30.4 Å². The first kappa shape index (κ1) is 14.7. The first-order chi connectivity index (χ1) is 11.1. The fourth-order valence-corrected chi connectivity index (χ4v) is 4.54. The summed E-state index contributed by atoms with van der Waals surface area (Å²) in [7, 11) is 2.25. The first-order valence-electron chi connectivity index (χ1n) is 8.47. The molecule has 0 radical (unpaired) electrons. The fraction of sp³-hybridized carbons (Fsp3) is 0.400. The molecule has 2 nitrogen and oxygen atoms in total. The Hall–Kier alpha value is -1.87. The number of phenolic OH excluding ortho intramolecular Hbond substituents is 1. The SMILES string of the molecule is C[N+]1(CCCF)CCc2ccc(O)c3c2C1Cc1ccccc1-3. The van der Waals surface area contributed by atoms with E-state index in [2.05, 4.69) is 31.3 Å². The third kappa shape index (κ3) is 2.18. The van der Waals surface area contributed by atoms with E-state index in [9.17, 15) is 9.50 Å². The summed E-state index contributed by atoms with van der Waals surface area (Å²) in [5.41, 5.74) is 6.13. The largest absolute Gasteiger partial charge is 0.507 e. The van der Waals surface area contributed by atoms with Crippen LogP contribution >= 0.6 is 0 Å². The van der Waals surface area contributed by atoms with Crippen LogP contribution in [0.1, 0.15) is 29.2 Å². The maximum Gasteiger partial charge on any atom is 0.123 e. The number of hydrogen-bond donors (Lipinski definition) is 1. The minimum Gasteiger partial charge on any atom is -0.507 e. The van der Waals surface area contributed by atoms with Gasteiger partial charge >= 0.3 is 0 Å². The van der Waals surface area contributed by atoms with E-state index >= 15 is 0 Å². The average molecular weight is 312 g/mol. The van der Waals surface area contributed by atoms with Gasteiger partial charge < -0.3 is 9.59 Å². The number of fused-ring (bicyclic) bond motifs is 2. The van der Waals surface area contributed by atoms with Gasteiger partial charge in [-0.3, -0.25) is 4.39 Å². The van der Waals surface area contributed by atoms with Crippen molar-refractivity contribution in [2.45, 2.75) is 25.3 Å². The molecule has 1 heterocycles. The van der Waals surface area contributed by atoms with E-state index in [1.54, 1.807) is 0 Å². The Morgan fingerprint density at radius 1 is 1.17 bits per heavy atom. The van der Waals surface area contributed by atoms with Gasteiger partial charge in [0.2, 0.25) is 0 Å². The Morgan fingerprint density at radius 3 is 2.83 bits per heavy atom. The van der Waals surface area contributed by atoms with Crippen molar-refractivity contribution in [3.63, 3.8) is 0 Å². The minimum atomic E-state index is -0.253. The molecule has 4 rings (SSSR count). The number of phenols is 1. The van der Waals surface area contributed by atoms with Crippen molar-refractivity contribution in [3.05, 3.63) is 53.1 Å². The molecule has 3 heteroatoms. The van der Waals surface area contributed by atoms with Crippen molar-refractivity contribution in [1.29, 1.82) is 0 Å². The highest BCUT2D eigenvalue weighted by Crippen LogP contribution is 2.50. The summed E-state index contributed by atoms with van der Waals surface area (Å²) in [6.45, 7) is 1.65. The molecule has 0 fully saturated rings. The van der Waals surface area contributed by atoms with Crippen LogP contribution in [0.3, 0.4) is 0 Å². The van der Waals surface area contributed by atoms with Crippen molar-refractivity contribution < 1.29 is 14.0 Å². The van der Waals surface area contributed by atoms with Crippen LogP contribution in [0.2, 0.25) is 0 Å². The molecule has 0 saturated carbocycles. The van der Waals surface area contributed by atoms with Crippen LogP contribution in [0.15, 0.2) is 36.4 Å². The van der Waals surface area contributed by atoms with Crippen molar-refractivity contribution in [3.8, 4) is 16.9 Å². The van der Waals surface area contributed by atoms with Gasteiger partial charge in [-0.15, -0.1) is 0 Å². The molecule has 2 aromatic carbocycles. The molecule has 0 aromatic heterocycles. The van der Waals surface area contributed by atoms with Crippen LogP contribution in [-0.4, -0.2) is 36.4 Å². The number of halogens is 1. The Labute approximate surface area is 136 Å². The number of alkyl halides is 1. The van der Waals surface area contributed by atoms with E-state index in [1.807, 2.05) is 12.1 Å². The lowest BCUT2D eigenvalue weighted by molar-refractivity contribution is -0.941. The molecule has 2 unspecified atom stereocenters. The highest BCUT2D eigenvalue weighted by molar-refractivity contribution is 5.80. The summed E-state index contributed by atoms with van der Waals surface area (Å²) >= 11 is 0. The first-order valence-corrected chi connectivity index (χ1v) is 8.47. The molecule has 23 heavy (non-hydrogen) atoms. The third-order valence-electron chi connectivity index (χ3n) is 5.79. The molecule has 0 amide bonds. The van der Waals surface area contributed by atoms with Crippen LogP contribution in [0, 0.1) is 0 Å². The third-order valence-corrected chi connectivity index (χ3v) is 5.79. The number of benzene rings is 2. The predicted molar refractivity (Wildman–Crippen MR) is 90.2 cm³/mol. The molecule has 2 aromatic rings. The van der Waals surface area contributed by atoms with Gasteiger partial charge in [-0.05, 0) is 22.8 Å². The van der Waals surface area contributed by atoms with Crippen molar-refractivity contribution >= 4 is 0 Å². The van der Waals surface area contributed by atoms with E-state index in [-0.39, 0.29) is 6.67 Å². The number of quaternary nitrogens is 1. The molecule has 2 atom stereocenters. The van der Waals surface area contributed by atoms with Crippen molar-refractivity contribution in [2.75, 3.05) is 26.8 Å². The summed E-state index contributed by atoms with van der Waals surface area (Å²) in [6, 6.07) is 12.6. The summed E-state index contributed by atoms with van der Waals surface area (Å²) in [6.07, 6.45) is 2.59. The Morgan fingerprint density at radius 2 is 2.00 bits per heavy atom. The van der Waals surface area contributed by atoms with Gasteiger partial charge in [-0.25, -0.2) is 0 Å². The van der Waals surface area contributed by atoms with Crippen molar-refractivity contribution in [2.24, 2.45) is 0 Å². The van der Waals surface area contributed by atoms with Gasteiger partial charge in [0.25, 0.3) is 0 Å². The number of likely N-dealkylation sites (N-methyl/N-ethyl adjacent to an activating group) is 1. The topological polar surface area (TPSA) is 20.2 Å². The average Bonchev–Trinajstić information content (AvgIpc) is 2.58. The van der Waals surface area contributed by atoms with Crippen LogP contribution < -0.4 is 0 Å². The zero-order chi connectivity index (χ0) is 16.0. The Bertz CT molecular complexity index is 757. The van der Waals surface area contributed by atoms with E-state index < -0.39 is 0 Å². The Kier molecular flexibility index (Phi) is 3.42. The number of hydrogen-bond acceptors (Lipinski definition) is 1. The molecular formula is C20H23FNO+. The van der Waals surface area contributed by atoms with Gasteiger partial charge in [0.15, 0.2) is 0 Å². The zero-order valence-corrected chi connectivity index (χ0v) is 13.6. The number of rotatable bonds is 3. The van der Waals surface area contributed by atoms with Crippen molar-refractivity contribution in [1.82, 2.24) is 0 Å². The van der Waals surface area contributed by atoms with E-state index in [0.717, 1.165) is 41.5 Å². The van der Waals surface area contributed by atoms with Gasteiger partial charge in [-0.1, -0.05) is 30.3 Å². The quantitative estimate of drug-likeness (QED) is 0.849. The number of nitrogens with zero attached hydrogens (tertiary/aromatic N) is 1. The standard InChI is InChI=1S/C20H22FNO/c1-22(11-4-10-21)12-9-14-7-8-18(23)20-16-6-3-2-5-15(16)13-17(22)19(14)20/h2-3,5-8,17H,4,9-13H2,1H3/p+1. The molecule has 0 spiro atoms. The number of aromatic hydroxyl groups is 1. The minimum absolute atomic E-state index is 0.253. The molecule has 1 aliphatic heterocycles. The van der Waals surface area contributed by atoms with E-state index in [0.29, 0.717) is 18.2 Å². The lowest BCUT2D eigenvalue weighted by Crippen LogP contribution is -2.53. The molecule has 0 bridgehead atoms. The van der Waals surface area contributed by atoms with Gasteiger partial charge in [-0.2, -0.15) is 0 Å². The highest BCUT2D eigenvalue weighted by Gasteiger charge is 2.43. The summed E-state index contributed by atoms with van der Waals surface area (Å²) in [5, 5.41) is 10.5. The monoisotopic (exact) mass is 312 g/mol. The predicted octanol–water partition coefficient (Wildman–Crippen LogP) is 4.02. The zero-order valence-electron chi connectivity index (χ0n) is 13.6. The molecule has 120 valence electrons. The smallest absolute Gasteiger partial charge is 0.123 e. The van der Waals surface area contributed by atoms with Crippen LogP contribution in [0.5, 0.6) is 5.75 Å². The van der Waals surface area contributed by atoms with Gasteiger partial charge in [0.05, 0.1) is 26.8 Å². The Balaban J connectivity index is 1.92. The van der Waals surface area contributed by atoms with Crippen LogP contribution in [-0.2, 0) is 12.8 Å². The van der Waals surface area contributed by atoms with Crippen LogP contribution in [0.4, 0.5) is 4.39 Å².